The Morgan fingerprint density at radius 1 is 1.54 bits per heavy atom. The van der Waals surface area contributed by atoms with Crippen LogP contribution in [0.5, 0.6) is 0 Å². The molecule has 13 heavy (non-hydrogen) atoms. The molecule has 0 amide bonds. The standard InChI is InChI=1S/C7H12N2O2S2/c1-6-3-4-7(12-6)5-9(2)13(8,10)11/h3-4H,5H2,1-2H3,(H2,8,10,11). The molecule has 0 atom stereocenters. The van der Waals surface area contributed by atoms with Crippen LogP contribution in [0.2, 0.25) is 0 Å². The molecule has 1 rings (SSSR count). The molecule has 0 saturated carbocycles. The van der Waals surface area contributed by atoms with E-state index in [-0.39, 0.29) is 0 Å². The highest BCUT2D eigenvalue weighted by Crippen LogP contribution is 2.16. The molecule has 0 aliphatic rings. The van der Waals surface area contributed by atoms with E-state index in [0.29, 0.717) is 6.54 Å². The average molecular weight is 220 g/mol. The first kappa shape index (κ1) is 10.6. The second-order valence-electron chi connectivity index (χ2n) is 2.81. The lowest BCUT2D eigenvalue weighted by molar-refractivity contribution is 0.471. The number of nitrogens with zero attached hydrogens (tertiary/aromatic N) is 1. The summed E-state index contributed by atoms with van der Waals surface area (Å²) in [6, 6.07) is 3.86. The van der Waals surface area contributed by atoms with E-state index < -0.39 is 10.2 Å². The SMILES string of the molecule is Cc1ccc(CN(C)S(N)(=O)=O)s1. The highest BCUT2D eigenvalue weighted by molar-refractivity contribution is 7.86. The normalized spacial score (nSPS) is 12.3. The maximum absolute atomic E-state index is 10.9. The molecule has 1 heterocycles. The lowest BCUT2D eigenvalue weighted by Gasteiger charge is -2.11. The Bertz CT molecular complexity index is 383. The van der Waals surface area contributed by atoms with Gasteiger partial charge in [0.15, 0.2) is 0 Å². The van der Waals surface area contributed by atoms with Crippen molar-refractivity contribution in [1.29, 1.82) is 0 Å². The number of hydrogen-bond acceptors (Lipinski definition) is 3. The summed E-state index contributed by atoms with van der Waals surface area (Å²) in [5.74, 6) is 0. The molecule has 0 bridgehead atoms. The molecular formula is C7H12N2O2S2. The Balaban J connectivity index is 2.71. The third-order valence-electron chi connectivity index (χ3n) is 1.61. The molecule has 74 valence electrons. The maximum Gasteiger partial charge on any atom is 0.276 e. The van der Waals surface area contributed by atoms with Gasteiger partial charge in [-0.25, -0.2) is 5.14 Å². The first-order chi connectivity index (χ1) is 5.89. The van der Waals surface area contributed by atoms with Gasteiger partial charge in [0.25, 0.3) is 10.2 Å². The van der Waals surface area contributed by atoms with Gasteiger partial charge in [0.2, 0.25) is 0 Å². The lowest BCUT2D eigenvalue weighted by Crippen LogP contribution is -2.32. The molecule has 4 nitrogen and oxygen atoms in total. The van der Waals surface area contributed by atoms with Crippen LogP contribution in [0.4, 0.5) is 0 Å². The van der Waals surface area contributed by atoms with Gasteiger partial charge >= 0.3 is 0 Å². The molecule has 0 fully saturated rings. The van der Waals surface area contributed by atoms with E-state index in [0.717, 1.165) is 14.1 Å². The van der Waals surface area contributed by atoms with E-state index in [1.54, 1.807) is 11.3 Å². The van der Waals surface area contributed by atoms with E-state index in [1.807, 2.05) is 19.1 Å². The van der Waals surface area contributed by atoms with Gasteiger partial charge < -0.3 is 0 Å². The summed E-state index contributed by atoms with van der Waals surface area (Å²) in [7, 11) is -2.09. The van der Waals surface area contributed by atoms with Crippen LogP contribution in [0.15, 0.2) is 12.1 Å². The van der Waals surface area contributed by atoms with Gasteiger partial charge in [0.05, 0.1) is 0 Å². The van der Waals surface area contributed by atoms with Gasteiger partial charge in [-0.15, -0.1) is 11.3 Å². The van der Waals surface area contributed by atoms with Crippen molar-refractivity contribution in [2.75, 3.05) is 7.05 Å². The predicted molar refractivity (Wildman–Crippen MR) is 53.6 cm³/mol. The van der Waals surface area contributed by atoms with Crippen molar-refractivity contribution < 1.29 is 8.42 Å². The van der Waals surface area contributed by atoms with Crippen molar-refractivity contribution in [3.63, 3.8) is 0 Å². The van der Waals surface area contributed by atoms with Gasteiger partial charge in [-0.05, 0) is 19.1 Å². The quantitative estimate of drug-likeness (QED) is 0.814. The molecule has 0 spiro atoms. The van der Waals surface area contributed by atoms with E-state index in [4.69, 9.17) is 5.14 Å². The van der Waals surface area contributed by atoms with Crippen LogP contribution < -0.4 is 5.14 Å². The number of thiophene rings is 1. The Kier molecular flexibility index (Phi) is 3.07. The number of aryl methyl sites for hydroxylation is 1. The number of rotatable bonds is 3. The van der Waals surface area contributed by atoms with Crippen LogP contribution in [0, 0.1) is 6.92 Å². The van der Waals surface area contributed by atoms with Crippen molar-refractivity contribution in [3.05, 3.63) is 21.9 Å². The van der Waals surface area contributed by atoms with Crippen LogP contribution in [0.3, 0.4) is 0 Å². The lowest BCUT2D eigenvalue weighted by atomic mass is 10.4. The summed E-state index contributed by atoms with van der Waals surface area (Å²) in [6.45, 7) is 2.32. The molecule has 0 unspecified atom stereocenters. The molecule has 0 aliphatic carbocycles. The second kappa shape index (κ2) is 3.75. The number of hydrogen-bond donors (Lipinski definition) is 1. The highest BCUT2D eigenvalue weighted by atomic mass is 32.2. The van der Waals surface area contributed by atoms with Gasteiger partial charge in [0.1, 0.15) is 0 Å². The Morgan fingerprint density at radius 2 is 2.15 bits per heavy atom. The van der Waals surface area contributed by atoms with Gasteiger partial charge in [-0.2, -0.15) is 12.7 Å². The van der Waals surface area contributed by atoms with Crippen molar-refractivity contribution in [2.45, 2.75) is 13.5 Å². The van der Waals surface area contributed by atoms with Gasteiger partial charge in [-0.3, -0.25) is 0 Å². The molecule has 2 N–H and O–H groups in total. The van der Waals surface area contributed by atoms with E-state index >= 15 is 0 Å². The summed E-state index contributed by atoms with van der Waals surface area (Å²) >= 11 is 1.57. The molecule has 0 saturated heterocycles. The van der Waals surface area contributed by atoms with E-state index in [1.165, 1.54) is 7.05 Å². The zero-order chi connectivity index (χ0) is 10.1. The zero-order valence-corrected chi connectivity index (χ0v) is 9.15. The molecular weight excluding hydrogens is 208 g/mol. The fraction of sp³-hybridized carbons (Fsp3) is 0.429. The fourth-order valence-corrected chi connectivity index (χ4v) is 2.22. The fourth-order valence-electron chi connectivity index (χ4n) is 0.880. The van der Waals surface area contributed by atoms with E-state index in [9.17, 15) is 8.42 Å². The summed E-state index contributed by atoms with van der Waals surface area (Å²) in [4.78, 5) is 2.16. The van der Waals surface area contributed by atoms with Crippen molar-refractivity contribution in [3.8, 4) is 0 Å². The minimum Gasteiger partial charge on any atom is -0.216 e. The van der Waals surface area contributed by atoms with Crippen molar-refractivity contribution in [1.82, 2.24) is 4.31 Å². The average Bonchev–Trinajstić information content (AvgIpc) is 2.33. The predicted octanol–water partition coefficient (Wildman–Crippen LogP) is 0.692. The molecule has 1 aromatic rings. The topological polar surface area (TPSA) is 63.4 Å². The largest absolute Gasteiger partial charge is 0.276 e. The first-order valence-electron chi connectivity index (χ1n) is 3.69. The Morgan fingerprint density at radius 3 is 2.54 bits per heavy atom. The molecule has 0 aromatic carbocycles. The summed E-state index contributed by atoms with van der Waals surface area (Å²) in [6.07, 6.45) is 0. The van der Waals surface area contributed by atoms with E-state index in [2.05, 4.69) is 0 Å². The van der Waals surface area contributed by atoms with Crippen LogP contribution in [0.1, 0.15) is 9.75 Å². The third kappa shape index (κ3) is 3.07. The van der Waals surface area contributed by atoms with Crippen LogP contribution >= 0.6 is 11.3 Å². The summed E-state index contributed by atoms with van der Waals surface area (Å²) < 4.78 is 22.8. The zero-order valence-electron chi connectivity index (χ0n) is 7.52. The molecule has 0 radical (unpaired) electrons. The maximum atomic E-state index is 10.9. The minimum absolute atomic E-state index is 0.345. The monoisotopic (exact) mass is 220 g/mol. The Hall–Kier alpha value is -0.430. The number of nitrogens with two attached hydrogens (primary N) is 1. The summed E-state index contributed by atoms with van der Waals surface area (Å²) in [5.41, 5.74) is 0. The second-order valence-corrected chi connectivity index (χ2v) is 5.84. The Labute approximate surface area is 82.2 Å². The smallest absolute Gasteiger partial charge is 0.216 e. The first-order valence-corrected chi connectivity index (χ1v) is 6.01. The third-order valence-corrected chi connectivity index (χ3v) is 3.59. The molecule has 0 aliphatic heterocycles. The van der Waals surface area contributed by atoms with Gasteiger partial charge in [-0.1, -0.05) is 0 Å². The molecule has 6 heteroatoms. The van der Waals surface area contributed by atoms with Gasteiger partial charge in [0, 0.05) is 23.3 Å². The summed E-state index contributed by atoms with van der Waals surface area (Å²) in [5, 5.41) is 4.94. The molecule has 1 aromatic heterocycles. The van der Waals surface area contributed by atoms with Crippen LogP contribution in [-0.2, 0) is 16.8 Å². The highest BCUT2D eigenvalue weighted by Gasteiger charge is 2.12. The minimum atomic E-state index is -3.55. The van der Waals surface area contributed by atoms with Crippen molar-refractivity contribution in [2.24, 2.45) is 5.14 Å². The van der Waals surface area contributed by atoms with Crippen LogP contribution in [0.25, 0.3) is 0 Å². The van der Waals surface area contributed by atoms with Crippen molar-refractivity contribution >= 4 is 21.5 Å². The van der Waals surface area contributed by atoms with Crippen LogP contribution in [-0.4, -0.2) is 19.8 Å².